The summed E-state index contributed by atoms with van der Waals surface area (Å²) < 4.78 is 0. The average Bonchev–Trinajstić information content (AvgIpc) is 2.17. The molecule has 1 aromatic carbocycles. The summed E-state index contributed by atoms with van der Waals surface area (Å²) in [5.74, 6) is 0.584. The summed E-state index contributed by atoms with van der Waals surface area (Å²) in [5.41, 5.74) is 7.15. The fourth-order valence-corrected chi connectivity index (χ4v) is 2.81. The Balaban J connectivity index is 2.15. The van der Waals surface area contributed by atoms with Crippen LogP contribution in [0.1, 0.15) is 37.2 Å². The van der Waals surface area contributed by atoms with Gasteiger partial charge in [0.15, 0.2) is 0 Å². The van der Waals surface area contributed by atoms with E-state index in [-0.39, 0.29) is 0 Å². The van der Waals surface area contributed by atoms with Crippen molar-refractivity contribution in [3.05, 3.63) is 33.8 Å². The molecule has 1 aliphatic rings. The summed E-state index contributed by atoms with van der Waals surface area (Å²) in [6.07, 6.45) is 4.51. The maximum atomic E-state index is 5.99. The minimum Gasteiger partial charge on any atom is -0.328 e. The lowest BCUT2D eigenvalue weighted by molar-refractivity contribution is 0.395. The minimum atomic E-state index is 0.385. The fourth-order valence-electron chi connectivity index (χ4n) is 2.26. The van der Waals surface area contributed by atoms with E-state index >= 15 is 0 Å². The summed E-state index contributed by atoms with van der Waals surface area (Å²) in [6, 6.07) is 6.21. The first-order chi connectivity index (χ1) is 7.15. The van der Waals surface area contributed by atoms with Crippen molar-refractivity contribution in [3.8, 4) is 0 Å². The summed E-state index contributed by atoms with van der Waals surface area (Å²) >= 11 is 12.0. The Morgan fingerprint density at radius 1 is 0.933 bits per heavy atom. The smallest absolute Gasteiger partial charge is 0.0423 e. The van der Waals surface area contributed by atoms with E-state index in [4.69, 9.17) is 28.9 Å². The van der Waals surface area contributed by atoms with Crippen molar-refractivity contribution in [1.29, 1.82) is 0 Å². The Bertz CT molecular complexity index is 323. The molecule has 0 unspecified atom stereocenters. The number of nitrogens with two attached hydrogens (primary N) is 1. The van der Waals surface area contributed by atoms with E-state index in [0.717, 1.165) is 35.7 Å². The molecule has 3 heteroatoms. The van der Waals surface area contributed by atoms with E-state index < -0.39 is 0 Å². The number of benzene rings is 1. The number of rotatable bonds is 1. The fraction of sp³-hybridized carbons (Fsp3) is 0.500. The topological polar surface area (TPSA) is 26.0 Å². The Kier molecular flexibility index (Phi) is 3.55. The Hall–Kier alpha value is -0.240. The predicted octanol–water partition coefficient (Wildman–Crippen LogP) is 3.98. The van der Waals surface area contributed by atoms with Gasteiger partial charge in [0.2, 0.25) is 0 Å². The molecule has 0 heterocycles. The second-order valence-electron chi connectivity index (χ2n) is 4.31. The van der Waals surface area contributed by atoms with Crippen molar-refractivity contribution in [2.75, 3.05) is 0 Å². The summed E-state index contributed by atoms with van der Waals surface area (Å²) in [7, 11) is 0. The highest BCUT2D eigenvalue weighted by Crippen LogP contribution is 2.34. The van der Waals surface area contributed by atoms with E-state index in [1.165, 1.54) is 5.56 Å². The van der Waals surface area contributed by atoms with E-state index in [1.54, 1.807) is 6.07 Å². The zero-order chi connectivity index (χ0) is 10.8. The third kappa shape index (κ3) is 2.87. The number of hydrogen-bond acceptors (Lipinski definition) is 1. The molecule has 1 saturated carbocycles. The van der Waals surface area contributed by atoms with Gasteiger partial charge in [-0.15, -0.1) is 0 Å². The van der Waals surface area contributed by atoms with E-state index in [2.05, 4.69) is 0 Å². The van der Waals surface area contributed by atoms with Gasteiger partial charge in [-0.05, 0) is 55.4 Å². The lowest BCUT2D eigenvalue weighted by Crippen LogP contribution is -2.25. The van der Waals surface area contributed by atoms with Crippen molar-refractivity contribution in [2.24, 2.45) is 5.73 Å². The molecule has 0 bridgehead atoms. The second kappa shape index (κ2) is 4.73. The first-order valence-electron chi connectivity index (χ1n) is 5.37. The van der Waals surface area contributed by atoms with Gasteiger partial charge in [-0.2, -0.15) is 0 Å². The van der Waals surface area contributed by atoms with Crippen LogP contribution in [0.5, 0.6) is 0 Å². The van der Waals surface area contributed by atoms with E-state index in [9.17, 15) is 0 Å². The SMILES string of the molecule is N[C@H]1CC[C@H](c2cc(Cl)cc(Cl)c2)CC1. The van der Waals surface area contributed by atoms with E-state index in [1.807, 2.05) is 12.1 Å². The maximum absolute atomic E-state index is 5.99. The first kappa shape index (κ1) is 11.3. The van der Waals surface area contributed by atoms with Crippen LogP contribution in [0.3, 0.4) is 0 Å². The molecule has 2 N–H and O–H groups in total. The maximum Gasteiger partial charge on any atom is 0.0423 e. The molecule has 82 valence electrons. The van der Waals surface area contributed by atoms with Crippen molar-refractivity contribution in [3.63, 3.8) is 0 Å². The van der Waals surface area contributed by atoms with Crippen LogP contribution in [0.15, 0.2) is 18.2 Å². The molecule has 0 amide bonds. The van der Waals surface area contributed by atoms with Gasteiger partial charge in [-0.25, -0.2) is 0 Å². The van der Waals surface area contributed by atoms with Gasteiger partial charge in [0, 0.05) is 16.1 Å². The van der Waals surface area contributed by atoms with Crippen LogP contribution in [0, 0.1) is 0 Å². The molecule has 0 spiro atoms. The van der Waals surface area contributed by atoms with Crippen LogP contribution < -0.4 is 5.73 Å². The van der Waals surface area contributed by atoms with Crippen molar-refractivity contribution >= 4 is 23.2 Å². The molecule has 0 saturated heterocycles. The molecular weight excluding hydrogens is 229 g/mol. The third-order valence-electron chi connectivity index (χ3n) is 3.13. The second-order valence-corrected chi connectivity index (χ2v) is 5.19. The van der Waals surface area contributed by atoms with Gasteiger partial charge >= 0.3 is 0 Å². The molecule has 1 aromatic rings. The molecule has 0 aliphatic heterocycles. The van der Waals surface area contributed by atoms with Crippen LogP contribution in [0.25, 0.3) is 0 Å². The minimum absolute atomic E-state index is 0.385. The normalized spacial score (nSPS) is 26.6. The average molecular weight is 244 g/mol. The van der Waals surface area contributed by atoms with Crippen LogP contribution in [0.4, 0.5) is 0 Å². The molecule has 0 aromatic heterocycles. The number of hydrogen-bond donors (Lipinski definition) is 1. The Labute approximate surface area is 101 Å². The lowest BCUT2D eigenvalue weighted by atomic mass is 9.82. The molecule has 1 nitrogen and oxygen atoms in total. The quantitative estimate of drug-likeness (QED) is 0.794. The Morgan fingerprint density at radius 3 is 2.00 bits per heavy atom. The van der Waals surface area contributed by atoms with Crippen LogP contribution in [0.2, 0.25) is 10.0 Å². The highest BCUT2D eigenvalue weighted by molar-refractivity contribution is 6.34. The van der Waals surface area contributed by atoms with E-state index in [0.29, 0.717) is 12.0 Å². The lowest BCUT2D eigenvalue weighted by Gasteiger charge is -2.26. The number of halogens is 2. The van der Waals surface area contributed by atoms with Crippen LogP contribution >= 0.6 is 23.2 Å². The first-order valence-corrected chi connectivity index (χ1v) is 6.12. The summed E-state index contributed by atoms with van der Waals surface area (Å²) in [5, 5.41) is 1.46. The van der Waals surface area contributed by atoms with Crippen molar-refractivity contribution < 1.29 is 0 Å². The van der Waals surface area contributed by atoms with Crippen LogP contribution in [-0.4, -0.2) is 6.04 Å². The van der Waals surface area contributed by atoms with Crippen LogP contribution in [-0.2, 0) is 0 Å². The highest BCUT2D eigenvalue weighted by atomic mass is 35.5. The van der Waals surface area contributed by atoms with Gasteiger partial charge in [0.25, 0.3) is 0 Å². The molecule has 0 atom stereocenters. The summed E-state index contributed by atoms with van der Waals surface area (Å²) in [6.45, 7) is 0. The zero-order valence-electron chi connectivity index (χ0n) is 8.55. The van der Waals surface area contributed by atoms with Gasteiger partial charge in [-0.1, -0.05) is 23.2 Å². The Morgan fingerprint density at radius 2 is 1.47 bits per heavy atom. The van der Waals surface area contributed by atoms with Crippen molar-refractivity contribution in [1.82, 2.24) is 0 Å². The predicted molar refractivity (Wildman–Crippen MR) is 65.6 cm³/mol. The monoisotopic (exact) mass is 243 g/mol. The van der Waals surface area contributed by atoms with Crippen molar-refractivity contribution in [2.45, 2.75) is 37.6 Å². The molecule has 0 radical (unpaired) electrons. The largest absolute Gasteiger partial charge is 0.328 e. The van der Waals surface area contributed by atoms with Gasteiger partial charge in [0.1, 0.15) is 0 Å². The molecular formula is C12H15Cl2N. The molecule has 15 heavy (non-hydrogen) atoms. The van der Waals surface area contributed by atoms with Gasteiger partial charge in [-0.3, -0.25) is 0 Å². The molecule has 1 aliphatic carbocycles. The molecule has 2 rings (SSSR count). The zero-order valence-corrected chi connectivity index (χ0v) is 10.1. The highest BCUT2D eigenvalue weighted by Gasteiger charge is 2.20. The molecule has 1 fully saturated rings. The third-order valence-corrected chi connectivity index (χ3v) is 3.56. The summed E-state index contributed by atoms with van der Waals surface area (Å²) in [4.78, 5) is 0. The van der Waals surface area contributed by atoms with Gasteiger partial charge < -0.3 is 5.73 Å². The standard InChI is InChI=1S/C12H15Cl2N/c13-10-5-9(6-11(14)7-10)8-1-3-12(15)4-2-8/h5-8,12H,1-4,15H2/t8-,12-. The van der Waals surface area contributed by atoms with Gasteiger partial charge in [0.05, 0.1) is 0 Å².